The zero-order chi connectivity index (χ0) is 18.2. The third-order valence-electron chi connectivity index (χ3n) is 3.41. The summed E-state index contributed by atoms with van der Waals surface area (Å²) in [5.74, 6) is -1.09. The molecule has 0 radical (unpaired) electrons. The van der Waals surface area contributed by atoms with Gasteiger partial charge in [-0.3, -0.25) is 9.59 Å². The van der Waals surface area contributed by atoms with Crippen LogP contribution in [0.15, 0.2) is 48.5 Å². The lowest BCUT2D eigenvalue weighted by atomic mass is 10.1. The molecular weight excluding hydrogens is 322 g/mol. The second-order valence-corrected chi connectivity index (χ2v) is 5.39. The van der Waals surface area contributed by atoms with Crippen molar-refractivity contribution < 1.29 is 23.9 Å². The van der Waals surface area contributed by atoms with Crippen molar-refractivity contribution in [1.29, 1.82) is 0 Å². The number of methoxy groups -OCH3 is 1. The Hall–Kier alpha value is -2.99. The molecular formula is C19H19NO5. The summed E-state index contributed by atoms with van der Waals surface area (Å²) in [6.45, 7) is 1.53. The van der Waals surface area contributed by atoms with Crippen LogP contribution in [-0.2, 0) is 20.9 Å². The standard InChI is InChI=1S/C19H19NO5/c1-13(21)15-7-9-17(10-8-15)20-18(22)12-25-19(23)16-5-3-14(4-6-16)11-24-2/h3-10H,11-12H2,1-2H3,(H,20,22). The van der Waals surface area contributed by atoms with E-state index in [0.717, 1.165) is 5.56 Å². The molecule has 0 saturated heterocycles. The van der Waals surface area contributed by atoms with Gasteiger partial charge in [0.05, 0.1) is 12.2 Å². The van der Waals surface area contributed by atoms with Crippen molar-refractivity contribution in [1.82, 2.24) is 0 Å². The van der Waals surface area contributed by atoms with Gasteiger partial charge in [-0.1, -0.05) is 12.1 Å². The number of hydrogen-bond acceptors (Lipinski definition) is 5. The Bertz CT molecular complexity index is 750. The number of carbonyl (C=O) groups excluding carboxylic acids is 3. The fourth-order valence-electron chi connectivity index (χ4n) is 2.10. The molecule has 6 nitrogen and oxygen atoms in total. The van der Waals surface area contributed by atoms with E-state index in [2.05, 4.69) is 5.32 Å². The van der Waals surface area contributed by atoms with Crippen LogP contribution in [0.1, 0.15) is 33.2 Å². The molecule has 0 saturated carbocycles. The number of hydrogen-bond donors (Lipinski definition) is 1. The minimum absolute atomic E-state index is 0.0525. The van der Waals surface area contributed by atoms with Crippen LogP contribution in [0.4, 0.5) is 5.69 Å². The lowest BCUT2D eigenvalue weighted by molar-refractivity contribution is -0.119. The van der Waals surface area contributed by atoms with E-state index in [0.29, 0.717) is 23.4 Å². The average Bonchev–Trinajstić information content (AvgIpc) is 2.61. The number of anilines is 1. The van der Waals surface area contributed by atoms with E-state index in [-0.39, 0.29) is 5.78 Å². The van der Waals surface area contributed by atoms with E-state index in [9.17, 15) is 14.4 Å². The third-order valence-corrected chi connectivity index (χ3v) is 3.41. The molecule has 0 bridgehead atoms. The summed E-state index contributed by atoms with van der Waals surface area (Å²) in [4.78, 5) is 35.0. The number of carbonyl (C=O) groups is 3. The van der Waals surface area contributed by atoms with E-state index in [1.807, 2.05) is 0 Å². The largest absolute Gasteiger partial charge is 0.452 e. The molecule has 1 amide bonds. The summed E-state index contributed by atoms with van der Waals surface area (Å²) in [6, 6.07) is 13.2. The molecule has 0 aliphatic heterocycles. The van der Waals surface area contributed by atoms with Gasteiger partial charge in [0.1, 0.15) is 0 Å². The van der Waals surface area contributed by atoms with Crippen LogP contribution in [0.25, 0.3) is 0 Å². The van der Waals surface area contributed by atoms with Crippen LogP contribution >= 0.6 is 0 Å². The quantitative estimate of drug-likeness (QED) is 0.618. The summed E-state index contributed by atoms with van der Waals surface area (Å²) in [7, 11) is 1.59. The molecule has 0 heterocycles. The minimum Gasteiger partial charge on any atom is -0.452 e. The van der Waals surface area contributed by atoms with Gasteiger partial charge in [-0.05, 0) is 48.9 Å². The Balaban J connectivity index is 1.84. The molecule has 2 aromatic carbocycles. The Labute approximate surface area is 145 Å². The number of amides is 1. The predicted molar refractivity (Wildman–Crippen MR) is 92.5 cm³/mol. The number of Topliss-reactive ketones (excluding diaryl/α,β-unsaturated/α-hetero) is 1. The maximum Gasteiger partial charge on any atom is 0.338 e. The monoisotopic (exact) mass is 341 g/mol. The summed E-state index contributed by atoms with van der Waals surface area (Å²) in [5, 5.41) is 2.60. The highest BCUT2D eigenvalue weighted by Crippen LogP contribution is 2.10. The lowest BCUT2D eigenvalue weighted by Gasteiger charge is -2.07. The van der Waals surface area contributed by atoms with Crippen molar-refractivity contribution in [2.45, 2.75) is 13.5 Å². The highest BCUT2D eigenvalue weighted by molar-refractivity contribution is 5.97. The molecule has 1 N–H and O–H groups in total. The first-order valence-electron chi connectivity index (χ1n) is 7.65. The molecule has 2 aromatic rings. The van der Waals surface area contributed by atoms with Crippen molar-refractivity contribution in [3.05, 3.63) is 65.2 Å². The van der Waals surface area contributed by atoms with Crippen LogP contribution in [-0.4, -0.2) is 31.4 Å². The van der Waals surface area contributed by atoms with E-state index < -0.39 is 18.5 Å². The second-order valence-electron chi connectivity index (χ2n) is 5.39. The first kappa shape index (κ1) is 18.4. The molecule has 6 heteroatoms. The Kier molecular flexibility index (Phi) is 6.42. The zero-order valence-electron chi connectivity index (χ0n) is 14.1. The van der Waals surface area contributed by atoms with Gasteiger partial charge < -0.3 is 14.8 Å². The molecule has 0 spiro atoms. The Morgan fingerprint density at radius 2 is 1.52 bits per heavy atom. The van der Waals surface area contributed by atoms with Crippen molar-refractivity contribution >= 4 is 23.3 Å². The summed E-state index contributed by atoms with van der Waals surface area (Å²) in [6.07, 6.45) is 0. The molecule has 0 atom stereocenters. The molecule has 0 aliphatic carbocycles. The molecule has 2 rings (SSSR count). The van der Waals surface area contributed by atoms with Crippen LogP contribution in [0, 0.1) is 0 Å². The number of nitrogens with one attached hydrogen (secondary N) is 1. The maximum atomic E-state index is 11.9. The van der Waals surface area contributed by atoms with Gasteiger partial charge in [0.15, 0.2) is 12.4 Å². The number of esters is 1. The van der Waals surface area contributed by atoms with Gasteiger partial charge >= 0.3 is 5.97 Å². The van der Waals surface area contributed by atoms with Gasteiger partial charge in [0, 0.05) is 18.4 Å². The smallest absolute Gasteiger partial charge is 0.338 e. The topological polar surface area (TPSA) is 81.7 Å². The van der Waals surface area contributed by atoms with E-state index in [1.165, 1.54) is 6.92 Å². The van der Waals surface area contributed by atoms with Crippen molar-refractivity contribution in [2.24, 2.45) is 0 Å². The van der Waals surface area contributed by atoms with Crippen molar-refractivity contribution in [3.8, 4) is 0 Å². The first-order valence-corrected chi connectivity index (χ1v) is 7.65. The van der Waals surface area contributed by atoms with Crippen LogP contribution in [0.3, 0.4) is 0 Å². The normalized spacial score (nSPS) is 10.2. The molecule has 25 heavy (non-hydrogen) atoms. The fourth-order valence-corrected chi connectivity index (χ4v) is 2.10. The van der Waals surface area contributed by atoms with Crippen LogP contribution < -0.4 is 5.32 Å². The highest BCUT2D eigenvalue weighted by atomic mass is 16.5. The highest BCUT2D eigenvalue weighted by Gasteiger charge is 2.10. The molecule has 0 unspecified atom stereocenters. The van der Waals surface area contributed by atoms with E-state index in [4.69, 9.17) is 9.47 Å². The van der Waals surface area contributed by atoms with E-state index >= 15 is 0 Å². The van der Waals surface area contributed by atoms with E-state index in [1.54, 1.807) is 55.6 Å². The zero-order valence-corrected chi connectivity index (χ0v) is 14.1. The fraction of sp³-hybridized carbons (Fsp3) is 0.211. The van der Waals surface area contributed by atoms with Gasteiger partial charge in [0.25, 0.3) is 5.91 Å². The predicted octanol–water partition coefficient (Wildman–Crippen LogP) is 2.83. The Morgan fingerprint density at radius 1 is 0.920 bits per heavy atom. The average molecular weight is 341 g/mol. The Morgan fingerprint density at radius 3 is 2.08 bits per heavy atom. The second kappa shape index (κ2) is 8.75. The lowest BCUT2D eigenvalue weighted by Crippen LogP contribution is -2.21. The van der Waals surface area contributed by atoms with Crippen molar-refractivity contribution in [3.63, 3.8) is 0 Å². The third kappa shape index (κ3) is 5.54. The number of ether oxygens (including phenoxy) is 2. The van der Waals surface area contributed by atoms with Gasteiger partial charge in [-0.25, -0.2) is 4.79 Å². The first-order chi connectivity index (χ1) is 12.0. The van der Waals surface area contributed by atoms with Crippen LogP contribution in [0.5, 0.6) is 0 Å². The van der Waals surface area contributed by atoms with Gasteiger partial charge in [-0.15, -0.1) is 0 Å². The van der Waals surface area contributed by atoms with Gasteiger partial charge in [0.2, 0.25) is 0 Å². The summed E-state index contributed by atoms with van der Waals surface area (Å²) >= 11 is 0. The number of rotatable bonds is 7. The molecule has 0 aliphatic rings. The molecule has 130 valence electrons. The summed E-state index contributed by atoms with van der Waals surface area (Å²) in [5.41, 5.74) is 2.38. The summed E-state index contributed by atoms with van der Waals surface area (Å²) < 4.78 is 9.98. The molecule has 0 fully saturated rings. The number of ketones is 1. The molecule has 0 aromatic heterocycles. The maximum absolute atomic E-state index is 11.9. The minimum atomic E-state index is -0.578. The van der Waals surface area contributed by atoms with Crippen molar-refractivity contribution in [2.75, 3.05) is 19.0 Å². The van der Waals surface area contributed by atoms with Gasteiger partial charge in [-0.2, -0.15) is 0 Å². The van der Waals surface area contributed by atoms with Crippen LogP contribution in [0.2, 0.25) is 0 Å². The SMILES string of the molecule is COCc1ccc(C(=O)OCC(=O)Nc2ccc(C(C)=O)cc2)cc1. The number of benzene rings is 2.